The lowest BCUT2D eigenvalue weighted by atomic mass is 10.1. The molecule has 2 amide bonds. The van der Waals surface area contributed by atoms with Gasteiger partial charge in [-0.25, -0.2) is 4.79 Å². The van der Waals surface area contributed by atoms with Crippen molar-refractivity contribution >= 4 is 17.7 Å². The summed E-state index contributed by atoms with van der Waals surface area (Å²) in [6.45, 7) is 4.36. The largest absolute Gasteiger partial charge is 0.481 e. The molecule has 0 saturated heterocycles. The third-order valence-electron chi connectivity index (χ3n) is 2.77. The first kappa shape index (κ1) is 15.0. The van der Waals surface area contributed by atoms with E-state index in [9.17, 15) is 9.59 Å². The van der Waals surface area contributed by atoms with Gasteiger partial charge < -0.3 is 15.7 Å². The summed E-state index contributed by atoms with van der Waals surface area (Å²) in [5, 5.41) is 14.0. The van der Waals surface area contributed by atoms with E-state index in [1.54, 1.807) is 0 Å². The number of hydrogen-bond acceptors (Lipinski definition) is 2. The number of amides is 2. The predicted octanol–water partition coefficient (Wildman–Crippen LogP) is 2.62. The van der Waals surface area contributed by atoms with Gasteiger partial charge in [0.15, 0.2) is 0 Å². The monoisotopic (exact) mass is 264 g/mol. The number of carboxylic acid groups (broad SMARTS) is 1. The van der Waals surface area contributed by atoms with Gasteiger partial charge in [-0.2, -0.15) is 0 Å². The minimum Gasteiger partial charge on any atom is -0.481 e. The Morgan fingerprint density at radius 1 is 1.26 bits per heavy atom. The fraction of sp³-hybridized carbons (Fsp3) is 0.429. The number of hydrogen-bond donors (Lipinski definition) is 3. The summed E-state index contributed by atoms with van der Waals surface area (Å²) in [5.74, 6) is -0.671. The summed E-state index contributed by atoms with van der Waals surface area (Å²) in [5.41, 5.74) is 1.87. The van der Waals surface area contributed by atoms with Gasteiger partial charge in [0.2, 0.25) is 0 Å². The van der Waals surface area contributed by atoms with Crippen LogP contribution in [0.15, 0.2) is 24.3 Å². The van der Waals surface area contributed by atoms with Crippen molar-refractivity contribution < 1.29 is 14.7 Å². The lowest BCUT2D eigenvalue weighted by Gasteiger charge is -2.12. The highest BCUT2D eigenvalue weighted by Gasteiger charge is 2.07. The van der Waals surface area contributed by atoms with Gasteiger partial charge in [0.25, 0.3) is 0 Å². The van der Waals surface area contributed by atoms with Crippen molar-refractivity contribution in [2.75, 3.05) is 11.9 Å². The maximum Gasteiger partial charge on any atom is 0.319 e. The van der Waals surface area contributed by atoms with E-state index in [0.717, 1.165) is 11.3 Å². The molecule has 0 bridgehead atoms. The highest BCUT2D eigenvalue weighted by molar-refractivity contribution is 5.89. The number of carboxylic acids is 1. The van der Waals surface area contributed by atoms with Crippen LogP contribution in [0.2, 0.25) is 0 Å². The Morgan fingerprint density at radius 3 is 2.47 bits per heavy atom. The van der Waals surface area contributed by atoms with Crippen molar-refractivity contribution in [1.82, 2.24) is 5.32 Å². The van der Waals surface area contributed by atoms with Crippen LogP contribution < -0.4 is 10.6 Å². The highest BCUT2D eigenvalue weighted by Crippen LogP contribution is 2.08. The van der Waals surface area contributed by atoms with E-state index < -0.39 is 5.97 Å². The minimum atomic E-state index is -0.809. The number of anilines is 1. The number of aryl methyl sites for hydroxylation is 1. The number of urea groups is 1. The third kappa shape index (κ3) is 6.45. The average molecular weight is 264 g/mol. The first-order valence-electron chi connectivity index (χ1n) is 6.30. The summed E-state index contributed by atoms with van der Waals surface area (Å²) >= 11 is 0. The number of aliphatic carboxylic acids is 1. The molecule has 0 fully saturated rings. The van der Waals surface area contributed by atoms with Gasteiger partial charge in [0.1, 0.15) is 0 Å². The SMILES string of the molecule is Cc1ccc(NC(=O)NCC(C)CCC(=O)O)cc1. The van der Waals surface area contributed by atoms with E-state index in [1.165, 1.54) is 0 Å². The fourth-order valence-corrected chi connectivity index (χ4v) is 1.55. The molecule has 1 rings (SSSR count). The summed E-state index contributed by atoms with van der Waals surface area (Å²) in [4.78, 5) is 22.0. The second kappa shape index (κ2) is 7.41. The van der Waals surface area contributed by atoms with E-state index in [1.807, 2.05) is 38.1 Å². The molecule has 19 heavy (non-hydrogen) atoms. The molecule has 0 aromatic heterocycles. The summed E-state index contributed by atoms with van der Waals surface area (Å²) < 4.78 is 0. The Hall–Kier alpha value is -2.04. The van der Waals surface area contributed by atoms with Crippen molar-refractivity contribution in [3.8, 4) is 0 Å². The van der Waals surface area contributed by atoms with Crippen LogP contribution in [0.5, 0.6) is 0 Å². The molecule has 3 N–H and O–H groups in total. The van der Waals surface area contributed by atoms with Crippen molar-refractivity contribution in [2.45, 2.75) is 26.7 Å². The molecule has 0 heterocycles. The standard InChI is InChI=1S/C14H20N2O3/c1-10-3-6-12(7-4-10)16-14(19)15-9-11(2)5-8-13(17)18/h3-4,6-7,11H,5,8-9H2,1-2H3,(H,17,18)(H2,15,16,19). The predicted molar refractivity (Wildman–Crippen MR) is 74.2 cm³/mol. The highest BCUT2D eigenvalue weighted by atomic mass is 16.4. The van der Waals surface area contributed by atoms with Gasteiger partial charge in [0.05, 0.1) is 0 Å². The third-order valence-corrected chi connectivity index (χ3v) is 2.77. The van der Waals surface area contributed by atoms with E-state index >= 15 is 0 Å². The van der Waals surface area contributed by atoms with Crippen LogP contribution in [0.25, 0.3) is 0 Å². The molecule has 5 nitrogen and oxygen atoms in total. The molecule has 0 radical (unpaired) electrons. The molecule has 0 saturated carbocycles. The fourth-order valence-electron chi connectivity index (χ4n) is 1.55. The maximum absolute atomic E-state index is 11.6. The Balaban J connectivity index is 2.27. The lowest BCUT2D eigenvalue weighted by molar-refractivity contribution is -0.137. The van der Waals surface area contributed by atoms with Gasteiger partial charge in [-0.15, -0.1) is 0 Å². The van der Waals surface area contributed by atoms with Gasteiger partial charge in [0, 0.05) is 18.7 Å². The Kier molecular flexibility index (Phi) is 5.85. The van der Waals surface area contributed by atoms with Crippen molar-refractivity contribution in [1.29, 1.82) is 0 Å². The smallest absolute Gasteiger partial charge is 0.319 e. The molecular weight excluding hydrogens is 244 g/mol. The molecule has 5 heteroatoms. The zero-order chi connectivity index (χ0) is 14.3. The maximum atomic E-state index is 11.6. The molecule has 0 spiro atoms. The van der Waals surface area contributed by atoms with Crippen LogP contribution in [0.1, 0.15) is 25.3 Å². The zero-order valence-corrected chi connectivity index (χ0v) is 11.3. The molecule has 1 aromatic rings. The van der Waals surface area contributed by atoms with Crippen molar-refractivity contribution in [2.24, 2.45) is 5.92 Å². The second-order valence-corrected chi connectivity index (χ2v) is 4.74. The number of rotatable bonds is 6. The molecule has 1 aromatic carbocycles. The summed E-state index contributed by atoms with van der Waals surface area (Å²) in [6.07, 6.45) is 0.683. The van der Waals surface area contributed by atoms with Gasteiger partial charge >= 0.3 is 12.0 Å². The van der Waals surface area contributed by atoms with Gasteiger partial charge in [-0.05, 0) is 31.4 Å². The molecule has 1 unspecified atom stereocenters. The molecular formula is C14H20N2O3. The summed E-state index contributed by atoms with van der Waals surface area (Å²) in [7, 11) is 0. The van der Waals surface area contributed by atoms with E-state index in [0.29, 0.717) is 13.0 Å². The van der Waals surface area contributed by atoms with E-state index in [-0.39, 0.29) is 18.4 Å². The van der Waals surface area contributed by atoms with Gasteiger partial charge in [-0.1, -0.05) is 24.6 Å². The Morgan fingerprint density at radius 2 is 1.89 bits per heavy atom. The first-order valence-corrected chi connectivity index (χ1v) is 6.30. The molecule has 1 atom stereocenters. The van der Waals surface area contributed by atoms with Crippen LogP contribution in [-0.4, -0.2) is 23.7 Å². The Labute approximate surface area is 113 Å². The number of carbonyl (C=O) groups is 2. The van der Waals surface area contributed by atoms with Crippen LogP contribution in [0, 0.1) is 12.8 Å². The molecule has 0 aliphatic heterocycles. The van der Waals surface area contributed by atoms with Crippen molar-refractivity contribution in [3.63, 3.8) is 0 Å². The van der Waals surface area contributed by atoms with E-state index in [2.05, 4.69) is 10.6 Å². The molecule has 104 valence electrons. The second-order valence-electron chi connectivity index (χ2n) is 4.74. The van der Waals surface area contributed by atoms with Crippen LogP contribution in [0.3, 0.4) is 0 Å². The van der Waals surface area contributed by atoms with Crippen molar-refractivity contribution in [3.05, 3.63) is 29.8 Å². The average Bonchev–Trinajstić information content (AvgIpc) is 2.36. The minimum absolute atomic E-state index is 0.127. The van der Waals surface area contributed by atoms with Crippen LogP contribution in [-0.2, 0) is 4.79 Å². The topological polar surface area (TPSA) is 78.4 Å². The van der Waals surface area contributed by atoms with Gasteiger partial charge in [-0.3, -0.25) is 4.79 Å². The van der Waals surface area contributed by atoms with Crippen LogP contribution >= 0.6 is 0 Å². The zero-order valence-electron chi connectivity index (χ0n) is 11.3. The number of benzene rings is 1. The normalized spacial score (nSPS) is 11.7. The molecule has 0 aliphatic rings. The quantitative estimate of drug-likeness (QED) is 0.739. The first-order chi connectivity index (χ1) is 8.97. The molecule has 0 aliphatic carbocycles. The number of nitrogens with one attached hydrogen (secondary N) is 2. The summed E-state index contributed by atoms with van der Waals surface area (Å²) in [6, 6.07) is 7.24. The van der Waals surface area contributed by atoms with Crippen LogP contribution in [0.4, 0.5) is 10.5 Å². The Bertz CT molecular complexity index is 429. The number of carbonyl (C=O) groups excluding carboxylic acids is 1. The lowest BCUT2D eigenvalue weighted by Crippen LogP contribution is -2.32. The van der Waals surface area contributed by atoms with E-state index in [4.69, 9.17) is 5.11 Å².